The maximum atomic E-state index is 12.8. The van der Waals surface area contributed by atoms with E-state index in [0.717, 1.165) is 12.3 Å². The van der Waals surface area contributed by atoms with Crippen LogP contribution in [0.2, 0.25) is 0 Å². The number of pyridine rings is 1. The van der Waals surface area contributed by atoms with Crippen LogP contribution in [0.5, 0.6) is 0 Å². The maximum absolute atomic E-state index is 12.8. The Balaban J connectivity index is 1.81. The highest BCUT2D eigenvalue weighted by Crippen LogP contribution is 2.29. The van der Waals surface area contributed by atoms with Crippen LogP contribution in [0.1, 0.15) is 21.9 Å². The van der Waals surface area contributed by atoms with Gasteiger partial charge in [0.05, 0.1) is 18.3 Å². The Kier molecular flexibility index (Phi) is 3.47. The molecule has 23 heavy (non-hydrogen) atoms. The zero-order chi connectivity index (χ0) is 16.6. The third-order valence-corrected chi connectivity index (χ3v) is 3.04. The van der Waals surface area contributed by atoms with E-state index in [1.165, 1.54) is 21.5 Å². The van der Waals surface area contributed by atoms with Crippen LogP contribution < -0.4 is 5.32 Å². The number of aryl methyl sites for hydroxylation is 1. The third-order valence-electron chi connectivity index (χ3n) is 3.04. The van der Waals surface area contributed by atoms with E-state index in [0.29, 0.717) is 0 Å². The van der Waals surface area contributed by atoms with E-state index in [9.17, 15) is 18.0 Å². The Morgan fingerprint density at radius 1 is 1.30 bits per heavy atom. The molecule has 1 N–H and O–H groups in total. The average molecular weight is 325 g/mol. The predicted octanol–water partition coefficient (Wildman–Crippen LogP) is 0.807. The molecular weight excluding hydrogens is 315 g/mol. The van der Waals surface area contributed by atoms with Crippen LogP contribution in [-0.4, -0.2) is 35.5 Å². The normalized spacial score (nSPS) is 11.8. The zero-order valence-electron chi connectivity index (χ0n) is 11.7. The van der Waals surface area contributed by atoms with Gasteiger partial charge in [-0.25, -0.2) is 0 Å². The number of amides is 1. The molecule has 0 radical (unpaired) electrons. The number of nitrogens with zero attached hydrogens (tertiary/aromatic N) is 6. The molecule has 0 bridgehead atoms. The minimum absolute atomic E-state index is 0.0947. The molecule has 0 aliphatic carbocycles. The molecule has 3 heterocycles. The number of alkyl halides is 3. The van der Waals surface area contributed by atoms with Crippen LogP contribution in [0.4, 0.5) is 13.2 Å². The van der Waals surface area contributed by atoms with Crippen LogP contribution in [0.25, 0.3) is 5.65 Å². The van der Waals surface area contributed by atoms with Crippen LogP contribution >= 0.6 is 0 Å². The summed E-state index contributed by atoms with van der Waals surface area (Å²) in [5.41, 5.74) is -0.481. The van der Waals surface area contributed by atoms with Crippen molar-refractivity contribution in [3.8, 4) is 0 Å². The van der Waals surface area contributed by atoms with Gasteiger partial charge in [0.25, 0.3) is 5.91 Å². The van der Waals surface area contributed by atoms with E-state index in [2.05, 4.69) is 25.7 Å². The summed E-state index contributed by atoms with van der Waals surface area (Å²) >= 11 is 0. The summed E-state index contributed by atoms with van der Waals surface area (Å²) in [5.74, 6) is -0.342. The summed E-state index contributed by atoms with van der Waals surface area (Å²) in [4.78, 5) is 13.1. The Hall–Kier alpha value is -2.98. The largest absolute Gasteiger partial charge is 0.417 e. The van der Waals surface area contributed by atoms with E-state index in [-0.39, 0.29) is 23.7 Å². The fourth-order valence-electron chi connectivity index (χ4n) is 1.93. The average Bonchev–Trinajstić information content (AvgIpc) is 3.09. The first kappa shape index (κ1) is 14.9. The van der Waals surface area contributed by atoms with Crippen molar-refractivity contribution >= 4 is 11.6 Å². The molecule has 3 aromatic rings. The van der Waals surface area contributed by atoms with Gasteiger partial charge in [-0.05, 0) is 12.1 Å². The quantitative estimate of drug-likeness (QED) is 0.769. The van der Waals surface area contributed by atoms with Crippen molar-refractivity contribution in [1.82, 2.24) is 34.9 Å². The van der Waals surface area contributed by atoms with Crippen molar-refractivity contribution in [3.05, 3.63) is 41.6 Å². The summed E-state index contributed by atoms with van der Waals surface area (Å²) in [6, 6.07) is 2.13. The van der Waals surface area contributed by atoms with E-state index in [1.807, 2.05) is 0 Å². The number of halogens is 3. The lowest BCUT2D eigenvalue weighted by Gasteiger charge is -2.07. The van der Waals surface area contributed by atoms with Gasteiger partial charge in [-0.2, -0.15) is 23.1 Å². The third kappa shape index (κ3) is 2.98. The Labute approximate surface area is 126 Å². The number of nitrogens with one attached hydrogen (secondary N) is 1. The Morgan fingerprint density at radius 3 is 2.74 bits per heavy atom. The lowest BCUT2D eigenvalue weighted by atomic mass is 10.3. The number of fused-ring (bicyclic) bond motifs is 1. The second-order valence-corrected chi connectivity index (χ2v) is 4.66. The predicted molar refractivity (Wildman–Crippen MR) is 70.2 cm³/mol. The van der Waals surface area contributed by atoms with Gasteiger partial charge in [-0.15, -0.1) is 15.3 Å². The fraction of sp³-hybridized carbons (Fsp3) is 0.250. The van der Waals surface area contributed by atoms with E-state index in [1.54, 1.807) is 7.05 Å². The lowest BCUT2D eigenvalue weighted by molar-refractivity contribution is -0.137. The zero-order valence-corrected chi connectivity index (χ0v) is 11.7. The smallest absolute Gasteiger partial charge is 0.343 e. The van der Waals surface area contributed by atoms with Crippen LogP contribution in [0, 0.1) is 0 Å². The van der Waals surface area contributed by atoms with E-state index < -0.39 is 17.6 Å². The summed E-state index contributed by atoms with van der Waals surface area (Å²) in [6.07, 6.45) is -2.31. The fourth-order valence-corrected chi connectivity index (χ4v) is 1.93. The van der Waals surface area contributed by atoms with Gasteiger partial charge in [-0.3, -0.25) is 9.20 Å². The van der Waals surface area contributed by atoms with Gasteiger partial charge in [-0.1, -0.05) is 0 Å². The number of hydrogen-bond donors (Lipinski definition) is 1. The highest BCUT2D eigenvalue weighted by atomic mass is 19.4. The van der Waals surface area contributed by atoms with Crippen molar-refractivity contribution in [1.29, 1.82) is 0 Å². The Bertz CT molecular complexity index is 867. The van der Waals surface area contributed by atoms with Crippen LogP contribution in [0.15, 0.2) is 24.5 Å². The molecule has 0 unspecified atom stereocenters. The molecule has 11 heteroatoms. The molecule has 0 saturated carbocycles. The van der Waals surface area contributed by atoms with Crippen molar-refractivity contribution in [2.75, 3.05) is 0 Å². The molecule has 120 valence electrons. The van der Waals surface area contributed by atoms with Crippen molar-refractivity contribution in [2.45, 2.75) is 12.7 Å². The van der Waals surface area contributed by atoms with Crippen molar-refractivity contribution in [2.24, 2.45) is 7.05 Å². The van der Waals surface area contributed by atoms with Crippen molar-refractivity contribution in [3.63, 3.8) is 0 Å². The minimum atomic E-state index is -4.47. The molecule has 8 nitrogen and oxygen atoms in total. The minimum Gasteiger partial charge on any atom is -0.343 e. The summed E-state index contributed by atoms with van der Waals surface area (Å²) < 4.78 is 39.4. The van der Waals surface area contributed by atoms with E-state index in [4.69, 9.17) is 0 Å². The first-order chi connectivity index (χ1) is 10.8. The highest BCUT2D eigenvalue weighted by molar-refractivity contribution is 5.91. The molecular formula is C12H10F3N7O. The number of carbonyl (C=O) groups excluding carboxylic acids is 1. The molecule has 0 aromatic carbocycles. The topological polar surface area (TPSA) is 90.0 Å². The molecule has 3 aromatic heterocycles. The van der Waals surface area contributed by atoms with Gasteiger partial charge < -0.3 is 5.32 Å². The molecule has 0 atom stereocenters. The van der Waals surface area contributed by atoms with Gasteiger partial charge in [0, 0.05) is 13.2 Å². The summed E-state index contributed by atoms with van der Waals surface area (Å²) in [5, 5.41) is 17.6. The molecule has 1 amide bonds. The van der Waals surface area contributed by atoms with E-state index >= 15 is 0 Å². The first-order valence-electron chi connectivity index (χ1n) is 6.40. The van der Waals surface area contributed by atoms with Crippen LogP contribution in [-0.2, 0) is 19.8 Å². The SMILES string of the molecule is Cn1ncc(C(=O)NCc2nnc3ccc(C(F)(F)F)cn23)n1. The molecule has 0 fully saturated rings. The molecule has 0 spiro atoms. The lowest BCUT2D eigenvalue weighted by Crippen LogP contribution is -2.24. The number of aromatic nitrogens is 6. The number of hydrogen-bond acceptors (Lipinski definition) is 5. The molecule has 3 rings (SSSR count). The number of carbonyl (C=O) groups is 1. The monoisotopic (exact) mass is 325 g/mol. The molecule has 0 saturated heterocycles. The maximum Gasteiger partial charge on any atom is 0.417 e. The van der Waals surface area contributed by atoms with Gasteiger partial charge in [0.15, 0.2) is 17.2 Å². The van der Waals surface area contributed by atoms with Gasteiger partial charge in [0.1, 0.15) is 0 Å². The van der Waals surface area contributed by atoms with Gasteiger partial charge in [0.2, 0.25) is 0 Å². The summed E-state index contributed by atoms with van der Waals surface area (Å²) in [6.45, 7) is -0.0993. The second kappa shape index (κ2) is 5.34. The second-order valence-electron chi connectivity index (χ2n) is 4.66. The first-order valence-corrected chi connectivity index (χ1v) is 6.40. The number of rotatable bonds is 3. The highest BCUT2D eigenvalue weighted by Gasteiger charge is 2.31. The van der Waals surface area contributed by atoms with Crippen LogP contribution in [0.3, 0.4) is 0 Å². The summed E-state index contributed by atoms with van der Waals surface area (Å²) in [7, 11) is 1.56. The standard InChI is InChI=1S/C12H10F3N7O/c1-21-17-4-8(20-21)11(23)16-5-10-19-18-9-3-2-7(6-22(9)10)12(13,14)15/h2-4,6H,5H2,1H3,(H,16,23). The Morgan fingerprint density at radius 2 is 2.09 bits per heavy atom. The molecule has 0 aliphatic rings. The van der Waals surface area contributed by atoms with Gasteiger partial charge >= 0.3 is 6.18 Å². The van der Waals surface area contributed by atoms with Crippen molar-refractivity contribution < 1.29 is 18.0 Å². The molecule has 0 aliphatic heterocycles.